The summed E-state index contributed by atoms with van der Waals surface area (Å²) in [7, 11) is 0. The summed E-state index contributed by atoms with van der Waals surface area (Å²) in [5, 5.41) is 3.43. The molecule has 5 heteroatoms. The van der Waals surface area contributed by atoms with Crippen LogP contribution in [0, 0.1) is 0 Å². The van der Waals surface area contributed by atoms with Gasteiger partial charge in [-0.05, 0) is 37.5 Å². The number of nitrogens with one attached hydrogen (secondary N) is 1. The Hall–Kier alpha value is -0.810. The summed E-state index contributed by atoms with van der Waals surface area (Å²) >= 11 is 0. The van der Waals surface area contributed by atoms with E-state index in [1.807, 2.05) is 0 Å². The average molecular weight is 327 g/mol. The van der Waals surface area contributed by atoms with Crippen molar-refractivity contribution in [1.29, 1.82) is 0 Å². The minimum absolute atomic E-state index is 0. The first-order valence-electron chi connectivity index (χ1n) is 8.09. The zero-order valence-corrected chi connectivity index (χ0v) is 14.1. The maximum Gasteiger partial charge on any atom is 0.119 e. The molecule has 0 bridgehead atoms. The first kappa shape index (κ1) is 17.5. The zero-order chi connectivity index (χ0) is 14.5. The van der Waals surface area contributed by atoms with Gasteiger partial charge in [0.25, 0.3) is 0 Å². The maximum atomic E-state index is 5.81. The SMILES string of the molecule is C[C@H]1CNCCN1Cc1ccc(OCC2CCCO2)cc1.Cl. The van der Waals surface area contributed by atoms with Gasteiger partial charge in [0.2, 0.25) is 0 Å². The van der Waals surface area contributed by atoms with Gasteiger partial charge in [-0.25, -0.2) is 0 Å². The van der Waals surface area contributed by atoms with Crippen LogP contribution in [-0.2, 0) is 11.3 Å². The fraction of sp³-hybridized carbons (Fsp3) is 0.647. The first-order chi connectivity index (χ1) is 10.3. The van der Waals surface area contributed by atoms with E-state index in [0.717, 1.165) is 51.4 Å². The number of halogens is 1. The summed E-state index contributed by atoms with van der Waals surface area (Å²) in [6, 6.07) is 9.13. The van der Waals surface area contributed by atoms with E-state index < -0.39 is 0 Å². The molecule has 3 rings (SSSR count). The number of hydrogen-bond donors (Lipinski definition) is 1. The third-order valence-corrected chi connectivity index (χ3v) is 4.41. The molecule has 124 valence electrons. The molecule has 2 atom stereocenters. The van der Waals surface area contributed by atoms with Gasteiger partial charge in [-0.3, -0.25) is 4.90 Å². The highest BCUT2D eigenvalue weighted by molar-refractivity contribution is 5.85. The number of ether oxygens (including phenoxy) is 2. The lowest BCUT2D eigenvalue weighted by molar-refractivity contribution is 0.0679. The smallest absolute Gasteiger partial charge is 0.119 e. The Morgan fingerprint density at radius 2 is 2.14 bits per heavy atom. The molecular weight excluding hydrogens is 300 g/mol. The topological polar surface area (TPSA) is 33.7 Å². The molecule has 1 aromatic carbocycles. The van der Waals surface area contributed by atoms with Gasteiger partial charge in [-0.1, -0.05) is 12.1 Å². The molecule has 0 aromatic heterocycles. The van der Waals surface area contributed by atoms with Crippen LogP contribution in [-0.4, -0.2) is 49.9 Å². The minimum atomic E-state index is 0. The Balaban J connectivity index is 0.00000176. The largest absolute Gasteiger partial charge is 0.491 e. The van der Waals surface area contributed by atoms with Crippen molar-refractivity contribution in [2.45, 2.75) is 38.5 Å². The summed E-state index contributed by atoms with van der Waals surface area (Å²) in [6.45, 7) is 8.16. The van der Waals surface area contributed by atoms with E-state index in [1.54, 1.807) is 0 Å². The van der Waals surface area contributed by atoms with Crippen molar-refractivity contribution in [2.75, 3.05) is 32.8 Å². The molecule has 0 saturated carbocycles. The van der Waals surface area contributed by atoms with Crippen molar-refractivity contribution in [2.24, 2.45) is 0 Å². The van der Waals surface area contributed by atoms with Crippen molar-refractivity contribution in [3.8, 4) is 5.75 Å². The molecule has 0 radical (unpaired) electrons. The van der Waals surface area contributed by atoms with Gasteiger partial charge in [0.15, 0.2) is 0 Å². The van der Waals surface area contributed by atoms with Crippen molar-refractivity contribution in [3.05, 3.63) is 29.8 Å². The Labute approximate surface area is 139 Å². The minimum Gasteiger partial charge on any atom is -0.491 e. The molecule has 0 spiro atoms. The molecule has 0 aliphatic carbocycles. The molecule has 22 heavy (non-hydrogen) atoms. The van der Waals surface area contributed by atoms with E-state index in [9.17, 15) is 0 Å². The number of benzene rings is 1. The Bertz CT molecular complexity index is 435. The molecular formula is C17H27ClN2O2. The van der Waals surface area contributed by atoms with Gasteiger partial charge in [-0.15, -0.1) is 12.4 Å². The van der Waals surface area contributed by atoms with E-state index >= 15 is 0 Å². The average Bonchev–Trinajstić information content (AvgIpc) is 3.02. The second kappa shape index (κ2) is 8.73. The first-order valence-corrected chi connectivity index (χ1v) is 8.09. The number of piperazine rings is 1. The fourth-order valence-corrected chi connectivity index (χ4v) is 3.01. The van der Waals surface area contributed by atoms with Crippen LogP contribution in [0.4, 0.5) is 0 Å². The quantitative estimate of drug-likeness (QED) is 0.901. The highest BCUT2D eigenvalue weighted by atomic mass is 35.5. The van der Waals surface area contributed by atoms with E-state index in [0.29, 0.717) is 12.6 Å². The van der Waals surface area contributed by atoms with E-state index in [1.165, 1.54) is 5.56 Å². The summed E-state index contributed by atoms with van der Waals surface area (Å²) in [5.41, 5.74) is 1.35. The summed E-state index contributed by atoms with van der Waals surface area (Å²) in [5.74, 6) is 0.947. The Morgan fingerprint density at radius 1 is 1.32 bits per heavy atom. The van der Waals surface area contributed by atoms with Crippen LogP contribution in [0.15, 0.2) is 24.3 Å². The highest BCUT2D eigenvalue weighted by Crippen LogP contribution is 2.18. The van der Waals surface area contributed by atoms with Gasteiger partial charge in [-0.2, -0.15) is 0 Å². The molecule has 2 saturated heterocycles. The predicted molar refractivity (Wildman–Crippen MR) is 90.9 cm³/mol. The van der Waals surface area contributed by atoms with Crippen LogP contribution >= 0.6 is 12.4 Å². The van der Waals surface area contributed by atoms with Crippen LogP contribution in [0.25, 0.3) is 0 Å². The second-order valence-corrected chi connectivity index (χ2v) is 6.11. The number of hydrogen-bond acceptors (Lipinski definition) is 4. The lowest BCUT2D eigenvalue weighted by Crippen LogP contribution is -2.49. The van der Waals surface area contributed by atoms with E-state index in [-0.39, 0.29) is 18.5 Å². The standard InChI is InChI=1S/C17H26N2O2.ClH/c1-14-11-18-8-9-19(14)12-15-4-6-16(7-5-15)21-13-17-3-2-10-20-17;/h4-7,14,17-18H,2-3,8-13H2,1H3;1H/t14-,17?;/m0./s1. The Morgan fingerprint density at radius 3 is 2.82 bits per heavy atom. The normalized spacial score (nSPS) is 25.7. The van der Waals surface area contributed by atoms with E-state index in [2.05, 4.69) is 41.4 Å². The zero-order valence-electron chi connectivity index (χ0n) is 13.3. The second-order valence-electron chi connectivity index (χ2n) is 6.11. The summed E-state index contributed by atoms with van der Waals surface area (Å²) < 4.78 is 11.4. The van der Waals surface area contributed by atoms with Gasteiger partial charge >= 0.3 is 0 Å². The third kappa shape index (κ3) is 4.85. The van der Waals surface area contributed by atoms with Crippen LogP contribution in [0.3, 0.4) is 0 Å². The number of rotatable bonds is 5. The molecule has 2 fully saturated rings. The van der Waals surface area contributed by atoms with Crippen LogP contribution in [0.1, 0.15) is 25.3 Å². The van der Waals surface area contributed by atoms with Crippen LogP contribution in [0.5, 0.6) is 5.75 Å². The summed E-state index contributed by atoms with van der Waals surface area (Å²) in [6.07, 6.45) is 2.57. The molecule has 1 unspecified atom stereocenters. The highest BCUT2D eigenvalue weighted by Gasteiger charge is 2.18. The van der Waals surface area contributed by atoms with Crippen LogP contribution in [0.2, 0.25) is 0 Å². The lowest BCUT2D eigenvalue weighted by Gasteiger charge is -2.33. The number of nitrogens with zero attached hydrogens (tertiary/aromatic N) is 1. The molecule has 1 N–H and O–H groups in total. The van der Waals surface area contributed by atoms with Crippen LogP contribution < -0.4 is 10.1 Å². The van der Waals surface area contributed by atoms with Gasteiger partial charge in [0.1, 0.15) is 12.4 Å². The molecule has 2 aliphatic heterocycles. The monoisotopic (exact) mass is 326 g/mol. The van der Waals surface area contributed by atoms with E-state index in [4.69, 9.17) is 9.47 Å². The van der Waals surface area contributed by atoms with Crippen molar-refractivity contribution < 1.29 is 9.47 Å². The van der Waals surface area contributed by atoms with Gasteiger partial charge in [0.05, 0.1) is 6.10 Å². The van der Waals surface area contributed by atoms with Gasteiger partial charge < -0.3 is 14.8 Å². The third-order valence-electron chi connectivity index (χ3n) is 4.41. The van der Waals surface area contributed by atoms with Crippen molar-refractivity contribution in [3.63, 3.8) is 0 Å². The lowest BCUT2D eigenvalue weighted by atomic mass is 10.1. The molecule has 0 amide bonds. The maximum absolute atomic E-state index is 5.81. The molecule has 2 heterocycles. The Kier molecular flexibility index (Phi) is 6.96. The fourth-order valence-electron chi connectivity index (χ4n) is 3.01. The van der Waals surface area contributed by atoms with Crippen molar-refractivity contribution in [1.82, 2.24) is 10.2 Å². The van der Waals surface area contributed by atoms with Crippen molar-refractivity contribution >= 4 is 12.4 Å². The summed E-state index contributed by atoms with van der Waals surface area (Å²) in [4.78, 5) is 2.53. The van der Waals surface area contributed by atoms with Gasteiger partial charge in [0, 0.05) is 38.8 Å². The molecule has 1 aromatic rings. The molecule has 2 aliphatic rings. The molecule has 4 nitrogen and oxygen atoms in total. The predicted octanol–water partition coefficient (Wildman–Crippen LogP) is 2.46.